The summed E-state index contributed by atoms with van der Waals surface area (Å²) in [5.74, 6) is -1.46. The number of nitrogens with zero attached hydrogens (tertiary/aromatic N) is 1. The molecule has 4 rings (SSSR count). The molecule has 3 aromatic rings. The Hall–Kier alpha value is -3.22. The average Bonchev–Trinajstić information content (AvgIpc) is 3.25. The number of carbonyl (C=O) groups excluding carboxylic acids is 2. The lowest BCUT2D eigenvalue weighted by molar-refractivity contribution is -0.128. The molecule has 144 valence electrons. The zero-order chi connectivity index (χ0) is 19.7. The summed E-state index contributed by atoms with van der Waals surface area (Å²) in [6.45, 7) is 0.797. The molecule has 0 bridgehead atoms. The van der Waals surface area contributed by atoms with Crippen molar-refractivity contribution in [3.63, 3.8) is 0 Å². The number of benzene rings is 2. The van der Waals surface area contributed by atoms with Crippen molar-refractivity contribution in [3.8, 4) is 0 Å². The van der Waals surface area contributed by atoms with Crippen LogP contribution in [0.1, 0.15) is 12.0 Å². The van der Waals surface area contributed by atoms with E-state index in [-0.39, 0.29) is 29.9 Å². The van der Waals surface area contributed by atoms with Gasteiger partial charge >= 0.3 is 0 Å². The van der Waals surface area contributed by atoms with Gasteiger partial charge in [0.25, 0.3) is 0 Å². The molecule has 1 aliphatic heterocycles. The van der Waals surface area contributed by atoms with E-state index in [1.807, 2.05) is 6.20 Å². The van der Waals surface area contributed by atoms with Crippen molar-refractivity contribution in [2.24, 2.45) is 5.92 Å². The molecule has 28 heavy (non-hydrogen) atoms. The van der Waals surface area contributed by atoms with Gasteiger partial charge in [0.2, 0.25) is 11.8 Å². The number of amides is 2. The van der Waals surface area contributed by atoms with Gasteiger partial charge in [-0.25, -0.2) is 8.78 Å². The number of H-pyrrole nitrogens is 1. The van der Waals surface area contributed by atoms with E-state index >= 15 is 0 Å². The SMILES string of the molecule is O=C(Nc1ccc(F)cc1)C1CC(=O)N(CCc2c[nH]c3ccc(F)cc23)C1. The number of halogens is 2. The number of nitrogens with one attached hydrogen (secondary N) is 2. The Bertz CT molecular complexity index is 1030. The first-order valence-electron chi connectivity index (χ1n) is 9.09. The molecule has 0 spiro atoms. The fraction of sp³-hybridized carbons (Fsp3) is 0.238. The summed E-state index contributed by atoms with van der Waals surface area (Å²) >= 11 is 0. The second kappa shape index (κ2) is 7.42. The van der Waals surface area contributed by atoms with E-state index in [1.165, 1.54) is 36.4 Å². The minimum absolute atomic E-state index is 0.0784. The van der Waals surface area contributed by atoms with Crippen LogP contribution in [-0.2, 0) is 16.0 Å². The predicted molar refractivity (Wildman–Crippen MR) is 102 cm³/mol. The molecule has 2 heterocycles. The molecule has 5 nitrogen and oxygen atoms in total. The van der Waals surface area contributed by atoms with E-state index < -0.39 is 5.92 Å². The van der Waals surface area contributed by atoms with Crippen LogP contribution in [0, 0.1) is 17.6 Å². The lowest BCUT2D eigenvalue weighted by Crippen LogP contribution is -2.30. The maximum Gasteiger partial charge on any atom is 0.229 e. The number of fused-ring (bicyclic) bond motifs is 1. The van der Waals surface area contributed by atoms with E-state index in [0.717, 1.165) is 16.5 Å². The van der Waals surface area contributed by atoms with Crippen molar-refractivity contribution in [3.05, 3.63) is 65.9 Å². The predicted octanol–water partition coefficient (Wildman–Crippen LogP) is 3.48. The first-order valence-corrected chi connectivity index (χ1v) is 9.09. The lowest BCUT2D eigenvalue weighted by atomic mass is 10.1. The van der Waals surface area contributed by atoms with Crippen LogP contribution in [0.15, 0.2) is 48.7 Å². The second-order valence-electron chi connectivity index (χ2n) is 6.99. The fourth-order valence-electron chi connectivity index (χ4n) is 3.55. The largest absolute Gasteiger partial charge is 0.361 e. The van der Waals surface area contributed by atoms with Crippen LogP contribution in [-0.4, -0.2) is 34.8 Å². The van der Waals surface area contributed by atoms with Crippen LogP contribution in [0.25, 0.3) is 10.9 Å². The van der Waals surface area contributed by atoms with Crippen molar-refractivity contribution in [2.75, 3.05) is 18.4 Å². The van der Waals surface area contributed by atoms with Gasteiger partial charge in [0, 0.05) is 42.3 Å². The van der Waals surface area contributed by atoms with Gasteiger partial charge in [0.15, 0.2) is 0 Å². The molecule has 2 amide bonds. The number of aromatic amines is 1. The molecule has 2 aromatic carbocycles. The molecule has 1 fully saturated rings. The van der Waals surface area contributed by atoms with Gasteiger partial charge in [-0.15, -0.1) is 0 Å². The normalized spacial score (nSPS) is 16.7. The summed E-state index contributed by atoms with van der Waals surface area (Å²) in [7, 11) is 0. The van der Waals surface area contributed by atoms with Crippen LogP contribution in [0.5, 0.6) is 0 Å². The number of likely N-dealkylation sites (tertiary alicyclic amines) is 1. The fourth-order valence-corrected chi connectivity index (χ4v) is 3.55. The molecule has 1 unspecified atom stereocenters. The van der Waals surface area contributed by atoms with Crippen LogP contribution >= 0.6 is 0 Å². The molecule has 1 saturated heterocycles. The molecule has 0 radical (unpaired) electrons. The Balaban J connectivity index is 1.37. The third kappa shape index (κ3) is 3.74. The molecule has 2 N–H and O–H groups in total. The molecule has 1 aliphatic rings. The first-order chi connectivity index (χ1) is 13.5. The van der Waals surface area contributed by atoms with Gasteiger partial charge < -0.3 is 15.2 Å². The van der Waals surface area contributed by atoms with Crippen LogP contribution in [0.2, 0.25) is 0 Å². The highest BCUT2D eigenvalue weighted by atomic mass is 19.1. The summed E-state index contributed by atoms with van der Waals surface area (Å²) in [5, 5.41) is 3.52. The van der Waals surface area contributed by atoms with Gasteiger partial charge in [-0.1, -0.05) is 0 Å². The van der Waals surface area contributed by atoms with E-state index in [2.05, 4.69) is 10.3 Å². The first kappa shape index (κ1) is 18.2. The van der Waals surface area contributed by atoms with E-state index in [1.54, 1.807) is 11.0 Å². The average molecular weight is 383 g/mol. The third-order valence-electron chi connectivity index (χ3n) is 5.08. The molecule has 1 aromatic heterocycles. The zero-order valence-corrected chi connectivity index (χ0v) is 15.0. The molecule has 1 atom stereocenters. The molecular weight excluding hydrogens is 364 g/mol. The van der Waals surface area contributed by atoms with Gasteiger partial charge in [-0.3, -0.25) is 9.59 Å². The highest BCUT2D eigenvalue weighted by Crippen LogP contribution is 2.23. The summed E-state index contributed by atoms with van der Waals surface area (Å²) in [6, 6.07) is 10.1. The van der Waals surface area contributed by atoms with Crippen molar-refractivity contribution in [1.29, 1.82) is 0 Å². The second-order valence-corrected chi connectivity index (χ2v) is 6.99. The Morgan fingerprint density at radius 2 is 1.89 bits per heavy atom. The minimum atomic E-state index is -0.446. The molecule has 0 aliphatic carbocycles. The summed E-state index contributed by atoms with van der Waals surface area (Å²) < 4.78 is 26.5. The number of hydrogen-bond donors (Lipinski definition) is 2. The Kier molecular flexibility index (Phi) is 4.81. The standard InChI is InChI=1S/C21H19F2N3O2/c22-15-1-4-17(5-2-15)25-21(28)14-9-20(27)26(12-14)8-7-13-11-24-19-6-3-16(23)10-18(13)19/h1-6,10-11,14,24H,7-9,12H2,(H,25,28). The Morgan fingerprint density at radius 3 is 2.68 bits per heavy atom. The van der Waals surface area contributed by atoms with Crippen molar-refractivity contribution in [1.82, 2.24) is 9.88 Å². The molecule has 7 heteroatoms. The van der Waals surface area contributed by atoms with Crippen molar-refractivity contribution < 1.29 is 18.4 Å². The highest BCUT2D eigenvalue weighted by Gasteiger charge is 2.34. The Morgan fingerprint density at radius 1 is 1.14 bits per heavy atom. The summed E-state index contributed by atoms with van der Waals surface area (Å²) in [6.07, 6.45) is 2.54. The monoisotopic (exact) mass is 383 g/mol. The van der Waals surface area contributed by atoms with Crippen LogP contribution in [0.3, 0.4) is 0 Å². The quantitative estimate of drug-likeness (QED) is 0.709. The van der Waals surface area contributed by atoms with Crippen molar-refractivity contribution in [2.45, 2.75) is 12.8 Å². The maximum atomic E-state index is 13.5. The van der Waals surface area contributed by atoms with E-state index in [9.17, 15) is 18.4 Å². The van der Waals surface area contributed by atoms with Gasteiger partial charge in [0.05, 0.1) is 5.92 Å². The zero-order valence-electron chi connectivity index (χ0n) is 15.0. The minimum Gasteiger partial charge on any atom is -0.361 e. The summed E-state index contributed by atoms with van der Waals surface area (Å²) in [4.78, 5) is 29.5. The number of aromatic nitrogens is 1. The van der Waals surface area contributed by atoms with Crippen LogP contribution in [0.4, 0.5) is 14.5 Å². The van der Waals surface area contributed by atoms with Gasteiger partial charge in [0.1, 0.15) is 11.6 Å². The molecular formula is C21H19F2N3O2. The number of rotatable bonds is 5. The third-order valence-corrected chi connectivity index (χ3v) is 5.08. The molecule has 0 saturated carbocycles. The number of carbonyl (C=O) groups is 2. The topological polar surface area (TPSA) is 65.2 Å². The Labute approximate surface area is 160 Å². The maximum absolute atomic E-state index is 13.5. The van der Waals surface area contributed by atoms with Gasteiger partial charge in [-0.05, 0) is 54.4 Å². The van der Waals surface area contributed by atoms with Gasteiger partial charge in [-0.2, -0.15) is 0 Å². The summed E-state index contributed by atoms with van der Waals surface area (Å²) in [5.41, 5.74) is 2.28. The van der Waals surface area contributed by atoms with E-state index in [4.69, 9.17) is 0 Å². The smallest absolute Gasteiger partial charge is 0.229 e. The van der Waals surface area contributed by atoms with Crippen molar-refractivity contribution >= 4 is 28.4 Å². The highest BCUT2D eigenvalue weighted by molar-refractivity contribution is 5.97. The lowest BCUT2D eigenvalue weighted by Gasteiger charge is -2.16. The van der Waals surface area contributed by atoms with Crippen LogP contribution < -0.4 is 5.32 Å². The number of hydrogen-bond acceptors (Lipinski definition) is 2. The number of anilines is 1. The van der Waals surface area contributed by atoms with E-state index in [0.29, 0.717) is 25.2 Å².